The van der Waals surface area contributed by atoms with Crippen LogP contribution in [0.1, 0.15) is 35.7 Å². The Morgan fingerprint density at radius 3 is 2.63 bits per heavy atom. The molecule has 142 valence electrons. The Balaban J connectivity index is 1.43. The van der Waals surface area contributed by atoms with Gasteiger partial charge in [-0.05, 0) is 55.2 Å². The third-order valence-electron chi connectivity index (χ3n) is 5.02. The number of amides is 2. The molecule has 0 radical (unpaired) electrons. The van der Waals surface area contributed by atoms with Gasteiger partial charge in [-0.1, -0.05) is 18.2 Å². The highest BCUT2D eigenvalue weighted by Crippen LogP contribution is 2.28. The van der Waals surface area contributed by atoms with Crippen molar-refractivity contribution in [2.45, 2.75) is 26.2 Å². The Kier molecular flexibility index (Phi) is 6.12. The first-order chi connectivity index (χ1) is 13.1. The topological polar surface area (TPSA) is 52.7 Å². The zero-order valence-electron chi connectivity index (χ0n) is 16.1. The van der Waals surface area contributed by atoms with Crippen LogP contribution >= 0.6 is 0 Å². The van der Waals surface area contributed by atoms with E-state index in [4.69, 9.17) is 0 Å². The van der Waals surface area contributed by atoms with Crippen molar-refractivity contribution < 1.29 is 9.59 Å². The SMILES string of the molecule is CC(=O)N1CCc2cc(C(=O)NCCCCN(C)c3ccccc3)ccc21. The summed E-state index contributed by atoms with van der Waals surface area (Å²) in [6, 6.07) is 15.9. The number of nitrogens with zero attached hydrogens (tertiary/aromatic N) is 2. The lowest BCUT2D eigenvalue weighted by Gasteiger charge is -2.19. The molecule has 0 fully saturated rings. The minimum atomic E-state index is -0.0458. The number of rotatable bonds is 7. The van der Waals surface area contributed by atoms with Gasteiger partial charge in [0.05, 0.1) is 0 Å². The Hall–Kier alpha value is -2.82. The van der Waals surface area contributed by atoms with Crippen molar-refractivity contribution in [2.24, 2.45) is 0 Å². The van der Waals surface area contributed by atoms with Crippen LogP contribution in [0.4, 0.5) is 11.4 Å². The van der Waals surface area contributed by atoms with Crippen LogP contribution < -0.4 is 15.1 Å². The van der Waals surface area contributed by atoms with Crippen molar-refractivity contribution in [3.63, 3.8) is 0 Å². The summed E-state index contributed by atoms with van der Waals surface area (Å²) in [5.41, 5.74) is 3.88. The maximum Gasteiger partial charge on any atom is 0.251 e. The highest BCUT2D eigenvalue weighted by molar-refractivity contribution is 5.97. The number of fused-ring (bicyclic) bond motifs is 1. The summed E-state index contributed by atoms with van der Waals surface area (Å²) in [5.74, 6) is 0.00177. The van der Waals surface area contributed by atoms with Crippen molar-refractivity contribution in [1.29, 1.82) is 0 Å². The molecule has 2 aromatic carbocycles. The van der Waals surface area contributed by atoms with Gasteiger partial charge in [0.15, 0.2) is 0 Å². The van der Waals surface area contributed by atoms with E-state index in [0.717, 1.165) is 37.1 Å². The summed E-state index contributed by atoms with van der Waals surface area (Å²) < 4.78 is 0. The molecule has 27 heavy (non-hydrogen) atoms. The van der Waals surface area contributed by atoms with E-state index in [1.54, 1.807) is 17.9 Å². The Morgan fingerprint density at radius 2 is 1.89 bits per heavy atom. The highest BCUT2D eigenvalue weighted by Gasteiger charge is 2.22. The normalized spacial score (nSPS) is 12.6. The first kappa shape index (κ1) is 19.0. The Bertz CT molecular complexity index is 804. The number of anilines is 2. The number of hydrogen-bond donors (Lipinski definition) is 1. The van der Waals surface area contributed by atoms with Gasteiger partial charge in [-0.3, -0.25) is 9.59 Å². The molecule has 0 aliphatic carbocycles. The molecule has 5 nitrogen and oxygen atoms in total. The van der Waals surface area contributed by atoms with E-state index in [2.05, 4.69) is 29.4 Å². The minimum Gasteiger partial charge on any atom is -0.375 e. The molecule has 2 aromatic rings. The molecule has 0 saturated carbocycles. The second-order valence-corrected chi connectivity index (χ2v) is 6.98. The predicted octanol–water partition coefficient (Wildman–Crippen LogP) is 3.24. The molecule has 0 aromatic heterocycles. The van der Waals surface area contributed by atoms with Crippen LogP contribution in [-0.2, 0) is 11.2 Å². The van der Waals surface area contributed by atoms with E-state index in [1.165, 1.54) is 5.69 Å². The standard InChI is InChI=1S/C22H27N3O2/c1-17(26)25-15-12-18-16-19(10-11-21(18)25)22(27)23-13-6-7-14-24(2)20-8-4-3-5-9-20/h3-5,8-11,16H,6-7,12-15H2,1-2H3,(H,23,27). The number of hydrogen-bond acceptors (Lipinski definition) is 3. The maximum atomic E-state index is 12.4. The molecule has 1 aliphatic rings. The molecular formula is C22H27N3O2. The average molecular weight is 365 g/mol. The molecule has 0 spiro atoms. The second-order valence-electron chi connectivity index (χ2n) is 6.98. The van der Waals surface area contributed by atoms with E-state index in [-0.39, 0.29) is 11.8 Å². The van der Waals surface area contributed by atoms with Crippen LogP contribution in [0.2, 0.25) is 0 Å². The third kappa shape index (κ3) is 4.67. The van der Waals surface area contributed by atoms with Crippen LogP contribution in [0, 0.1) is 0 Å². The van der Waals surface area contributed by atoms with Crippen LogP contribution in [0.25, 0.3) is 0 Å². The molecular weight excluding hydrogens is 338 g/mol. The molecule has 5 heteroatoms. The van der Waals surface area contributed by atoms with E-state index in [9.17, 15) is 9.59 Å². The van der Waals surface area contributed by atoms with Crippen molar-refractivity contribution in [3.05, 3.63) is 59.7 Å². The lowest BCUT2D eigenvalue weighted by atomic mass is 10.1. The molecule has 0 bridgehead atoms. The van der Waals surface area contributed by atoms with Gasteiger partial charge >= 0.3 is 0 Å². The average Bonchev–Trinajstić information content (AvgIpc) is 3.11. The number of nitrogens with one attached hydrogen (secondary N) is 1. The van der Waals surface area contributed by atoms with Crippen LogP contribution in [0.5, 0.6) is 0 Å². The van der Waals surface area contributed by atoms with Gasteiger partial charge in [-0.15, -0.1) is 0 Å². The first-order valence-corrected chi connectivity index (χ1v) is 9.51. The second kappa shape index (κ2) is 8.71. The van der Waals surface area contributed by atoms with E-state index in [1.807, 2.05) is 30.3 Å². The van der Waals surface area contributed by atoms with Crippen molar-refractivity contribution in [1.82, 2.24) is 5.32 Å². The fourth-order valence-electron chi connectivity index (χ4n) is 3.46. The van der Waals surface area contributed by atoms with Crippen LogP contribution in [0.15, 0.2) is 48.5 Å². The third-order valence-corrected chi connectivity index (χ3v) is 5.02. The zero-order chi connectivity index (χ0) is 19.2. The van der Waals surface area contributed by atoms with Gasteiger partial charge in [-0.25, -0.2) is 0 Å². The van der Waals surface area contributed by atoms with Gasteiger partial charge in [0, 0.05) is 50.5 Å². The van der Waals surface area contributed by atoms with Gasteiger partial charge in [0.1, 0.15) is 0 Å². The molecule has 0 saturated heterocycles. The quantitative estimate of drug-likeness (QED) is 0.767. The number of unbranched alkanes of at least 4 members (excludes halogenated alkanes) is 1. The van der Waals surface area contributed by atoms with Gasteiger partial charge in [0.2, 0.25) is 5.91 Å². The maximum absolute atomic E-state index is 12.4. The Labute approximate surface area is 161 Å². The van der Waals surface area contributed by atoms with E-state index in [0.29, 0.717) is 18.7 Å². The summed E-state index contributed by atoms with van der Waals surface area (Å²) in [4.78, 5) is 28.0. The monoisotopic (exact) mass is 365 g/mol. The fourth-order valence-corrected chi connectivity index (χ4v) is 3.46. The van der Waals surface area contributed by atoms with Crippen LogP contribution in [0.3, 0.4) is 0 Å². The van der Waals surface area contributed by atoms with Crippen LogP contribution in [-0.4, -0.2) is 38.5 Å². The molecule has 0 atom stereocenters. The van der Waals surface area contributed by atoms with Crippen molar-refractivity contribution in [3.8, 4) is 0 Å². The molecule has 1 aliphatic heterocycles. The summed E-state index contributed by atoms with van der Waals surface area (Å²) in [6.07, 6.45) is 2.76. The summed E-state index contributed by atoms with van der Waals surface area (Å²) in [7, 11) is 2.09. The van der Waals surface area contributed by atoms with Gasteiger partial charge in [0.25, 0.3) is 5.91 Å². The molecule has 3 rings (SSSR count). The molecule has 1 heterocycles. The predicted molar refractivity (Wildman–Crippen MR) is 109 cm³/mol. The number of carbonyl (C=O) groups excluding carboxylic acids is 2. The largest absolute Gasteiger partial charge is 0.375 e. The lowest BCUT2D eigenvalue weighted by molar-refractivity contribution is -0.116. The lowest BCUT2D eigenvalue weighted by Crippen LogP contribution is -2.26. The summed E-state index contributed by atoms with van der Waals surface area (Å²) in [6.45, 7) is 3.90. The van der Waals surface area contributed by atoms with Crippen molar-refractivity contribution in [2.75, 3.05) is 36.5 Å². The molecule has 0 unspecified atom stereocenters. The molecule has 2 amide bonds. The number of benzene rings is 2. The fraction of sp³-hybridized carbons (Fsp3) is 0.364. The minimum absolute atomic E-state index is 0.0458. The van der Waals surface area contributed by atoms with E-state index >= 15 is 0 Å². The highest BCUT2D eigenvalue weighted by atomic mass is 16.2. The number of carbonyl (C=O) groups is 2. The number of para-hydroxylation sites is 1. The smallest absolute Gasteiger partial charge is 0.251 e. The van der Waals surface area contributed by atoms with E-state index < -0.39 is 0 Å². The molecule has 1 N–H and O–H groups in total. The summed E-state index contributed by atoms with van der Waals surface area (Å²) in [5, 5.41) is 3.00. The summed E-state index contributed by atoms with van der Waals surface area (Å²) >= 11 is 0. The van der Waals surface area contributed by atoms with Gasteiger partial charge < -0.3 is 15.1 Å². The van der Waals surface area contributed by atoms with Crippen molar-refractivity contribution >= 4 is 23.2 Å². The van der Waals surface area contributed by atoms with Gasteiger partial charge in [-0.2, -0.15) is 0 Å². The zero-order valence-corrected chi connectivity index (χ0v) is 16.1. The first-order valence-electron chi connectivity index (χ1n) is 9.51. The Morgan fingerprint density at radius 1 is 1.11 bits per heavy atom.